The van der Waals surface area contributed by atoms with Gasteiger partial charge in [0.25, 0.3) is 22.8 Å². The molecule has 0 radical (unpaired) electrons. The number of pyridine rings is 4. The number of aromatic nitrogens is 4. The van der Waals surface area contributed by atoms with Crippen molar-refractivity contribution >= 4 is 131 Å². The molecule has 0 saturated carbocycles. The Morgan fingerprint density at radius 2 is 0.562 bits per heavy atom. The summed E-state index contributed by atoms with van der Waals surface area (Å²) >= 11 is 0. The molecule has 0 aliphatic carbocycles. The van der Waals surface area contributed by atoms with Crippen LogP contribution in [0.3, 0.4) is 0 Å². The highest BCUT2D eigenvalue weighted by Crippen LogP contribution is 2.44. The second kappa shape index (κ2) is 26.1. The molecule has 8 aromatic heterocycles. The van der Waals surface area contributed by atoms with Crippen molar-refractivity contribution in [3.63, 3.8) is 0 Å². The van der Waals surface area contributed by atoms with Crippen LogP contribution in [0.4, 0.5) is 0 Å². The van der Waals surface area contributed by atoms with Gasteiger partial charge in [-0.25, -0.2) is 0 Å². The molecule has 0 atom stereocenters. The Hall–Kier alpha value is -12.5. The van der Waals surface area contributed by atoms with Crippen LogP contribution in [0.2, 0.25) is 0 Å². The van der Waals surface area contributed by atoms with E-state index in [1.807, 2.05) is 42.9 Å². The van der Waals surface area contributed by atoms with Crippen LogP contribution in [0.1, 0.15) is 54.2 Å². The first-order valence-corrected chi connectivity index (χ1v) is 35.9. The van der Waals surface area contributed by atoms with Crippen molar-refractivity contribution in [2.45, 2.75) is 62.2 Å². The summed E-state index contributed by atoms with van der Waals surface area (Å²) in [6, 6.07) is 82.1. The minimum atomic E-state index is -2.12. The van der Waals surface area contributed by atoms with E-state index in [1.165, 1.54) is 120 Å². The van der Waals surface area contributed by atoms with E-state index < -0.39 is 6.85 Å². The molecule has 0 spiro atoms. The second-order valence-electron chi connectivity index (χ2n) is 28.5. The zero-order valence-corrected chi connectivity index (χ0v) is 61.2. The Labute approximate surface area is 614 Å². The third-order valence-corrected chi connectivity index (χ3v) is 21.3. The van der Waals surface area contributed by atoms with E-state index in [0.29, 0.717) is 5.56 Å². The topological polar surface area (TPSA) is 68.1 Å². The first-order valence-electron chi connectivity index (χ1n) is 37.4. The van der Waals surface area contributed by atoms with E-state index in [1.54, 1.807) is 12.1 Å². The number of benzene rings is 12. The molecule has 105 heavy (non-hydrogen) atoms. The van der Waals surface area contributed by atoms with E-state index in [9.17, 15) is 0 Å². The molecule has 0 unspecified atom stereocenters. The number of fused-ring (bicyclic) bond motifs is 20. The van der Waals surface area contributed by atoms with Gasteiger partial charge in [0.1, 0.15) is 50.5 Å². The lowest BCUT2D eigenvalue weighted by atomic mass is 9.99. The lowest BCUT2D eigenvalue weighted by molar-refractivity contribution is -0.659. The van der Waals surface area contributed by atoms with Crippen molar-refractivity contribution in [2.24, 2.45) is 28.2 Å². The van der Waals surface area contributed by atoms with Crippen molar-refractivity contribution < 1.29 is 40.0 Å². The van der Waals surface area contributed by atoms with Gasteiger partial charge in [0.2, 0.25) is 22.3 Å². The maximum Gasteiger partial charge on any atom is 0.256 e. The van der Waals surface area contributed by atoms with Gasteiger partial charge in [0.05, 0.1) is 22.3 Å². The standard InChI is InChI=1S/C25H22NO.3C24H20NO/c1-15-9-11-19(16(2)13-15)23-25-22(17(3)14-26(23)4)21-12-10-18-7-5-6-8-20(18)24(21)27-25;1-15-8-4-6-10-18(15)22-24-21(16(2)14-25(22)3)20-13-12-17-9-5-7-11-19(17)23(20)26-24;1-15-8-10-18(16(2)14-15)22-24-21(12-13-25(22)3)20-11-9-17-6-4-5-7-19(17)23(20)26-24;1-15-8-10-19-17(14-15)9-11-20-21-12-13-25(3)22(24(21)26-23(19)20)18-7-5-4-6-16(18)2/h5-14H,1-4H3;3*4-14H,1-3H3/q4*+1/i;;1D3;. The third kappa shape index (κ3) is 11.2. The number of rotatable bonds is 4. The van der Waals surface area contributed by atoms with Crippen LogP contribution in [0, 0.1) is 62.2 Å². The van der Waals surface area contributed by atoms with Gasteiger partial charge in [-0.15, -0.1) is 0 Å². The van der Waals surface area contributed by atoms with Crippen LogP contribution in [0.5, 0.6) is 0 Å². The van der Waals surface area contributed by atoms with Gasteiger partial charge in [0.15, 0.2) is 24.8 Å². The Morgan fingerprint density at radius 3 is 1.01 bits per heavy atom. The van der Waals surface area contributed by atoms with Crippen molar-refractivity contribution in [3.05, 3.63) is 311 Å². The number of furan rings is 4. The van der Waals surface area contributed by atoms with Gasteiger partial charge >= 0.3 is 0 Å². The van der Waals surface area contributed by atoms with E-state index in [0.717, 1.165) is 100 Å². The summed E-state index contributed by atoms with van der Waals surface area (Å²) in [4.78, 5) is 0. The lowest BCUT2D eigenvalue weighted by Gasteiger charge is -2.07. The highest BCUT2D eigenvalue weighted by atomic mass is 16.3. The largest absolute Gasteiger partial charge is 0.448 e. The highest BCUT2D eigenvalue weighted by molar-refractivity contribution is 6.21. The first kappa shape index (κ1) is 62.3. The van der Waals surface area contributed by atoms with E-state index in [-0.39, 0.29) is 0 Å². The van der Waals surface area contributed by atoms with Crippen molar-refractivity contribution in [3.8, 4) is 45.0 Å². The molecule has 0 aliphatic heterocycles. The zero-order chi connectivity index (χ0) is 74.7. The molecule has 8 heterocycles. The fraction of sp³-hybridized carbons (Fsp3) is 0.134. The normalized spacial score (nSPS) is 12.2. The van der Waals surface area contributed by atoms with Crippen molar-refractivity contribution in [2.75, 3.05) is 0 Å². The minimum absolute atomic E-state index is 0.351. The molecular weight excluding hydrogens is 1290 g/mol. The van der Waals surface area contributed by atoms with E-state index in [2.05, 4.69) is 308 Å². The smallest absolute Gasteiger partial charge is 0.256 e. The zero-order valence-electron chi connectivity index (χ0n) is 64.2. The van der Waals surface area contributed by atoms with Gasteiger partial charge in [-0.05, 0) is 155 Å². The molecule has 510 valence electrons. The maximum atomic E-state index is 7.68. The predicted octanol–water partition coefficient (Wildman–Crippen LogP) is 23.7. The van der Waals surface area contributed by atoms with E-state index in [4.69, 9.17) is 21.8 Å². The molecule has 8 nitrogen and oxygen atoms in total. The number of hydrogen-bond donors (Lipinski definition) is 0. The molecule has 0 fully saturated rings. The van der Waals surface area contributed by atoms with Crippen molar-refractivity contribution in [1.82, 2.24) is 0 Å². The van der Waals surface area contributed by atoms with Crippen LogP contribution < -0.4 is 18.3 Å². The molecule has 0 amide bonds. The molecule has 0 bridgehead atoms. The van der Waals surface area contributed by atoms with Crippen molar-refractivity contribution in [1.29, 1.82) is 0 Å². The average Bonchev–Trinajstić information content (AvgIpc) is 1.60. The molecule has 0 aliphatic rings. The van der Waals surface area contributed by atoms with Gasteiger partial charge in [-0.3, -0.25) is 0 Å². The molecule has 12 aromatic carbocycles. The quantitative estimate of drug-likeness (QED) is 0.165. The highest BCUT2D eigenvalue weighted by Gasteiger charge is 2.29. The number of hydrogen-bond acceptors (Lipinski definition) is 4. The molecule has 20 rings (SSSR count). The predicted molar refractivity (Wildman–Crippen MR) is 434 cm³/mol. The van der Waals surface area contributed by atoms with Gasteiger partial charge in [-0.1, -0.05) is 193 Å². The summed E-state index contributed by atoms with van der Waals surface area (Å²) in [5.41, 5.74) is 26.4. The van der Waals surface area contributed by atoms with Crippen LogP contribution in [0.15, 0.2) is 279 Å². The Kier molecular flexibility index (Phi) is 15.5. The average molecular weight is 1370 g/mol. The minimum Gasteiger partial charge on any atom is -0.448 e. The fourth-order valence-corrected chi connectivity index (χ4v) is 16.3. The summed E-state index contributed by atoms with van der Waals surface area (Å²) < 4.78 is 57.7. The van der Waals surface area contributed by atoms with Crippen LogP contribution >= 0.6 is 0 Å². The van der Waals surface area contributed by atoms with Gasteiger partial charge in [-0.2, -0.15) is 18.3 Å². The summed E-state index contributed by atoms with van der Waals surface area (Å²) in [6.07, 6.45) is 8.56. The number of aryl methyl sites for hydroxylation is 13. The molecule has 0 saturated heterocycles. The monoisotopic (exact) mass is 1370 g/mol. The van der Waals surface area contributed by atoms with Gasteiger partial charge < -0.3 is 17.7 Å². The summed E-state index contributed by atoms with van der Waals surface area (Å²) in [5, 5.41) is 18.6. The lowest BCUT2D eigenvalue weighted by Crippen LogP contribution is -2.31. The third-order valence-electron chi connectivity index (χ3n) is 21.3. The Balaban J connectivity index is 0.000000106. The van der Waals surface area contributed by atoms with Gasteiger partial charge in [0, 0.05) is 92.0 Å². The maximum absolute atomic E-state index is 7.68. The number of nitrogens with zero attached hydrogens (tertiary/aromatic N) is 4. The summed E-state index contributed by atoms with van der Waals surface area (Å²) in [5.74, 6) is 0. The van der Waals surface area contributed by atoms with Crippen LogP contribution in [-0.4, -0.2) is 0 Å². The molecule has 0 N–H and O–H groups in total. The Bertz CT molecular complexity index is 7090. The SMILES string of the molecule is Cc1ccc(-c2c3oc4c5ccccc5ccc4c3c(C)c[n+]2C)c(C)c1.Cc1ccc2c(ccc3c4cc[n+](C)c(-c5ccccc5C)c4oc23)c1.Cc1ccccc1-c1c2oc3c4ccccc4ccc3c2c(C)c[n+]1C.[2H]C([2H])([2H])c1ccc(-c2c3oc4c5ccccc5ccc4c3cc[n+]2C)c(C)c1. The molecule has 8 heteroatoms. The van der Waals surface area contributed by atoms with Crippen LogP contribution in [0.25, 0.3) is 176 Å². The second-order valence-corrected chi connectivity index (χ2v) is 28.5. The summed E-state index contributed by atoms with van der Waals surface area (Å²) in [6.45, 7) is 14.9. The Morgan fingerprint density at radius 1 is 0.238 bits per heavy atom. The van der Waals surface area contributed by atoms with Crippen LogP contribution in [-0.2, 0) is 28.2 Å². The fourth-order valence-electron chi connectivity index (χ4n) is 16.3. The van der Waals surface area contributed by atoms with E-state index >= 15 is 0 Å². The summed E-state index contributed by atoms with van der Waals surface area (Å²) in [7, 11) is 8.26. The molecule has 20 aromatic rings. The first-order chi connectivity index (χ1) is 52.2. The molecular formula is C97H82N4O4+4.